The first-order valence-electron chi connectivity index (χ1n) is 6.91. The first-order chi connectivity index (χ1) is 9.40. The highest BCUT2D eigenvalue weighted by Gasteiger charge is 2.20. The number of rotatable bonds is 6. The summed E-state index contributed by atoms with van der Waals surface area (Å²) in [7, 11) is 0. The van der Waals surface area contributed by atoms with Crippen molar-refractivity contribution < 1.29 is 4.74 Å². The van der Waals surface area contributed by atoms with Gasteiger partial charge in [-0.15, -0.1) is 0 Å². The highest BCUT2D eigenvalue weighted by Crippen LogP contribution is 2.29. The highest BCUT2D eigenvalue weighted by atomic mass is 16.5. The zero-order valence-electron chi connectivity index (χ0n) is 11.0. The minimum atomic E-state index is 0.621. The Labute approximate surface area is 114 Å². The Morgan fingerprint density at radius 3 is 2.37 bits per heavy atom. The lowest BCUT2D eigenvalue weighted by Gasteiger charge is -2.08. The van der Waals surface area contributed by atoms with E-state index in [9.17, 15) is 0 Å². The van der Waals surface area contributed by atoms with Crippen molar-refractivity contribution in [1.29, 1.82) is 0 Å². The van der Waals surface area contributed by atoms with E-state index >= 15 is 0 Å². The van der Waals surface area contributed by atoms with Crippen LogP contribution in [-0.4, -0.2) is 6.54 Å². The summed E-state index contributed by atoms with van der Waals surface area (Å²) >= 11 is 0. The third-order valence-corrected chi connectivity index (χ3v) is 3.39. The number of benzene rings is 2. The zero-order valence-corrected chi connectivity index (χ0v) is 11.0. The van der Waals surface area contributed by atoms with Gasteiger partial charge in [0.2, 0.25) is 0 Å². The molecular formula is C17H19NO. The van der Waals surface area contributed by atoms with Crippen LogP contribution in [-0.2, 0) is 6.61 Å². The monoisotopic (exact) mass is 253 g/mol. The van der Waals surface area contributed by atoms with Crippen LogP contribution < -0.4 is 10.1 Å². The van der Waals surface area contributed by atoms with Crippen molar-refractivity contribution in [2.45, 2.75) is 19.4 Å². The van der Waals surface area contributed by atoms with Crippen LogP contribution in [0.1, 0.15) is 18.4 Å². The summed E-state index contributed by atoms with van der Waals surface area (Å²) in [6.45, 7) is 1.72. The fraction of sp³-hybridized carbons (Fsp3) is 0.294. The Hall–Kier alpha value is -1.96. The minimum absolute atomic E-state index is 0.621. The molecule has 0 unspecified atom stereocenters. The Kier molecular flexibility index (Phi) is 3.68. The average molecular weight is 253 g/mol. The molecular weight excluding hydrogens is 234 g/mol. The van der Waals surface area contributed by atoms with Crippen LogP contribution in [0.5, 0.6) is 5.75 Å². The molecule has 98 valence electrons. The predicted molar refractivity (Wildman–Crippen MR) is 78.4 cm³/mol. The van der Waals surface area contributed by atoms with Gasteiger partial charge in [0.1, 0.15) is 12.4 Å². The van der Waals surface area contributed by atoms with Gasteiger partial charge in [0.05, 0.1) is 0 Å². The van der Waals surface area contributed by atoms with Gasteiger partial charge in [0.15, 0.2) is 0 Å². The number of anilines is 1. The minimum Gasteiger partial charge on any atom is -0.489 e. The quantitative estimate of drug-likeness (QED) is 0.837. The van der Waals surface area contributed by atoms with E-state index in [1.165, 1.54) is 24.1 Å². The maximum absolute atomic E-state index is 5.76. The molecule has 0 heterocycles. The van der Waals surface area contributed by atoms with Crippen molar-refractivity contribution >= 4 is 5.69 Å². The molecule has 0 radical (unpaired) electrons. The SMILES string of the molecule is c1ccc(COc2ccc(NCC3CC3)cc2)cc1. The van der Waals surface area contributed by atoms with Crippen LogP contribution in [0, 0.1) is 5.92 Å². The molecule has 19 heavy (non-hydrogen) atoms. The van der Waals surface area contributed by atoms with Crippen molar-refractivity contribution in [3.05, 3.63) is 60.2 Å². The molecule has 0 amide bonds. The summed E-state index contributed by atoms with van der Waals surface area (Å²) in [5, 5.41) is 3.45. The van der Waals surface area contributed by atoms with Gasteiger partial charge in [0.25, 0.3) is 0 Å². The second-order valence-corrected chi connectivity index (χ2v) is 5.12. The molecule has 2 heteroatoms. The standard InChI is InChI=1S/C17H19NO/c1-2-4-15(5-3-1)13-19-17-10-8-16(9-11-17)18-12-14-6-7-14/h1-5,8-11,14,18H,6-7,12-13H2. The molecule has 0 saturated heterocycles. The molecule has 1 fully saturated rings. The van der Waals surface area contributed by atoms with Crippen LogP contribution in [0.25, 0.3) is 0 Å². The highest BCUT2D eigenvalue weighted by molar-refractivity contribution is 5.46. The maximum atomic E-state index is 5.76. The molecule has 0 spiro atoms. The fourth-order valence-corrected chi connectivity index (χ4v) is 1.99. The van der Waals surface area contributed by atoms with Crippen molar-refractivity contribution in [2.24, 2.45) is 5.92 Å². The molecule has 1 N–H and O–H groups in total. The Balaban J connectivity index is 1.50. The summed E-state index contributed by atoms with van der Waals surface area (Å²) in [5.41, 5.74) is 2.37. The lowest BCUT2D eigenvalue weighted by atomic mass is 10.2. The molecule has 1 saturated carbocycles. The summed E-state index contributed by atoms with van der Waals surface area (Å²) in [6.07, 6.45) is 2.76. The topological polar surface area (TPSA) is 21.3 Å². The van der Waals surface area contributed by atoms with Gasteiger partial charge in [-0.25, -0.2) is 0 Å². The van der Waals surface area contributed by atoms with E-state index in [0.29, 0.717) is 6.61 Å². The van der Waals surface area contributed by atoms with Gasteiger partial charge in [-0.1, -0.05) is 30.3 Å². The lowest BCUT2D eigenvalue weighted by molar-refractivity contribution is 0.306. The Morgan fingerprint density at radius 1 is 0.947 bits per heavy atom. The second-order valence-electron chi connectivity index (χ2n) is 5.12. The normalized spacial score (nSPS) is 14.1. The van der Waals surface area contributed by atoms with Crippen molar-refractivity contribution in [2.75, 3.05) is 11.9 Å². The number of hydrogen-bond donors (Lipinski definition) is 1. The molecule has 0 aliphatic heterocycles. The summed E-state index contributed by atoms with van der Waals surface area (Å²) in [5.74, 6) is 1.81. The summed E-state index contributed by atoms with van der Waals surface area (Å²) in [4.78, 5) is 0. The molecule has 1 aliphatic carbocycles. The zero-order chi connectivity index (χ0) is 12.9. The van der Waals surface area contributed by atoms with Gasteiger partial charge in [-0.2, -0.15) is 0 Å². The van der Waals surface area contributed by atoms with E-state index in [1.54, 1.807) is 0 Å². The summed E-state index contributed by atoms with van der Waals surface area (Å²) in [6, 6.07) is 18.5. The van der Waals surface area contributed by atoms with E-state index in [0.717, 1.165) is 18.2 Å². The first-order valence-corrected chi connectivity index (χ1v) is 6.91. The first kappa shape index (κ1) is 12.1. The molecule has 2 aromatic carbocycles. The van der Waals surface area contributed by atoms with E-state index < -0.39 is 0 Å². The van der Waals surface area contributed by atoms with Gasteiger partial charge < -0.3 is 10.1 Å². The molecule has 2 nitrogen and oxygen atoms in total. The fourth-order valence-electron chi connectivity index (χ4n) is 1.99. The van der Waals surface area contributed by atoms with Crippen LogP contribution in [0.4, 0.5) is 5.69 Å². The van der Waals surface area contributed by atoms with E-state index in [2.05, 4.69) is 29.6 Å². The van der Waals surface area contributed by atoms with Crippen LogP contribution in [0.15, 0.2) is 54.6 Å². The Morgan fingerprint density at radius 2 is 1.68 bits per heavy atom. The summed E-state index contributed by atoms with van der Waals surface area (Å²) < 4.78 is 5.76. The lowest BCUT2D eigenvalue weighted by Crippen LogP contribution is -2.02. The van der Waals surface area contributed by atoms with E-state index in [4.69, 9.17) is 4.74 Å². The smallest absolute Gasteiger partial charge is 0.119 e. The van der Waals surface area contributed by atoms with E-state index in [-0.39, 0.29) is 0 Å². The third kappa shape index (κ3) is 3.75. The van der Waals surface area contributed by atoms with Gasteiger partial charge in [-0.05, 0) is 48.6 Å². The van der Waals surface area contributed by atoms with Gasteiger partial charge in [0, 0.05) is 12.2 Å². The number of hydrogen-bond acceptors (Lipinski definition) is 2. The van der Waals surface area contributed by atoms with Crippen LogP contribution in [0.2, 0.25) is 0 Å². The molecule has 0 bridgehead atoms. The van der Waals surface area contributed by atoms with Crippen molar-refractivity contribution in [3.8, 4) is 5.75 Å². The number of nitrogens with one attached hydrogen (secondary N) is 1. The third-order valence-electron chi connectivity index (χ3n) is 3.39. The van der Waals surface area contributed by atoms with Gasteiger partial charge in [-0.3, -0.25) is 0 Å². The second kappa shape index (κ2) is 5.79. The number of ether oxygens (including phenoxy) is 1. The molecule has 0 atom stereocenters. The largest absolute Gasteiger partial charge is 0.489 e. The van der Waals surface area contributed by atoms with Crippen molar-refractivity contribution in [1.82, 2.24) is 0 Å². The van der Waals surface area contributed by atoms with Crippen molar-refractivity contribution in [3.63, 3.8) is 0 Å². The molecule has 3 rings (SSSR count). The molecule has 1 aliphatic rings. The molecule has 0 aromatic heterocycles. The van der Waals surface area contributed by atoms with Crippen LogP contribution in [0.3, 0.4) is 0 Å². The maximum Gasteiger partial charge on any atom is 0.119 e. The predicted octanol–water partition coefficient (Wildman–Crippen LogP) is 4.09. The average Bonchev–Trinajstić information content (AvgIpc) is 3.29. The van der Waals surface area contributed by atoms with E-state index in [1.807, 2.05) is 30.3 Å². The van der Waals surface area contributed by atoms with Crippen LogP contribution >= 0.6 is 0 Å². The van der Waals surface area contributed by atoms with Gasteiger partial charge >= 0.3 is 0 Å². The molecule has 2 aromatic rings. The Bertz CT molecular complexity index is 503.